The van der Waals surface area contributed by atoms with Crippen molar-refractivity contribution in [2.24, 2.45) is 0 Å². The van der Waals surface area contributed by atoms with Gasteiger partial charge in [-0.2, -0.15) is 4.98 Å². The van der Waals surface area contributed by atoms with Crippen LogP contribution in [-0.4, -0.2) is 40.6 Å². The molecule has 0 saturated carbocycles. The average molecular weight is 364 g/mol. The van der Waals surface area contributed by atoms with Crippen molar-refractivity contribution < 1.29 is 9.32 Å². The molecule has 0 radical (unpaired) electrons. The van der Waals surface area contributed by atoms with Crippen LogP contribution in [0.2, 0.25) is 0 Å². The fourth-order valence-corrected chi connectivity index (χ4v) is 2.96. The molecule has 0 aliphatic carbocycles. The third-order valence-corrected chi connectivity index (χ3v) is 4.11. The molecule has 1 amide bonds. The monoisotopic (exact) mass is 364 g/mol. The van der Waals surface area contributed by atoms with Crippen molar-refractivity contribution in [3.05, 3.63) is 72.1 Å². The van der Waals surface area contributed by atoms with Crippen molar-refractivity contribution in [1.82, 2.24) is 20.4 Å². The second-order valence-electron chi connectivity index (χ2n) is 6.77. The summed E-state index contributed by atoms with van der Waals surface area (Å²) in [6.07, 6.45) is 0. The van der Waals surface area contributed by atoms with Gasteiger partial charge in [-0.15, -0.1) is 0 Å². The summed E-state index contributed by atoms with van der Waals surface area (Å²) in [6, 6.07) is 19.3. The molecular weight excluding hydrogens is 340 g/mol. The Hall–Kier alpha value is -2.99. The van der Waals surface area contributed by atoms with E-state index in [4.69, 9.17) is 4.52 Å². The number of likely N-dealkylation sites (N-methyl/N-ethyl adjacent to an activating group) is 1. The summed E-state index contributed by atoms with van der Waals surface area (Å²) in [7, 11) is 1.88. The summed E-state index contributed by atoms with van der Waals surface area (Å²) in [5.41, 5.74) is 1.88. The molecule has 1 heterocycles. The minimum atomic E-state index is -0.311. The standard InChI is InChI=1S/C21H24N4O2/c1-15(2)22-18(26)14-25(3)19(16-10-6-4-7-11-16)21-23-20(24-27-21)17-12-8-5-9-13-17/h4-13,15,19H,14H2,1-3H3,(H,22,26)/t19-/m0/s1. The molecule has 0 saturated heterocycles. The number of nitrogens with one attached hydrogen (secondary N) is 1. The molecule has 0 bridgehead atoms. The Bertz CT molecular complexity index is 862. The minimum Gasteiger partial charge on any atom is -0.353 e. The fourth-order valence-electron chi connectivity index (χ4n) is 2.96. The highest BCUT2D eigenvalue weighted by Crippen LogP contribution is 2.28. The van der Waals surface area contributed by atoms with Crippen molar-refractivity contribution in [3.63, 3.8) is 0 Å². The van der Waals surface area contributed by atoms with E-state index in [1.165, 1.54) is 0 Å². The Balaban J connectivity index is 1.89. The lowest BCUT2D eigenvalue weighted by molar-refractivity contribution is -0.122. The molecule has 0 spiro atoms. The van der Waals surface area contributed by atoms with Crippen LogP contribution in [-0.2, 0) is 4.79 Å². The Kier molecular flexibility index (Phi) is 5.98. The third kappa shape index (κ3) is 4.80. The van der Waals surface area contributed by atoms with Gasteiger partial charge in [-0.05, 0) is 26.5 Å². The number of carbonyl (C=O) groups excluding carboxylic acids is 1. The predicted octanol–water partition coefficient (Wildman–Crippen LogP) is 3.28. The summed E-state index contributed by atoms with van der Waals surface area (Å²) >= 11 is 0. The van der Waals surface area contributed by atoms with Gasteiger partial charge in [0.1, 0.15) is 6.04 Å². The van der Waals surface area contributed by atoms with Crippen LogP contribution in [0.25, 0.3) is 11.4 Å². The molecular formula is C21H24N4O2. The minimum absolute atomic E-state index is 0.0452. The zero-order chi connectivity index (χ0) is 19.2. The van der Waals surface area contributed by atoms with Crippen molar-refractivity contribution in [2.75, 3.05) is 13.6 Å². The number of hydrogen-bond donors (Lipinski definition) is 1. The van der Waals surface area contributed by atoms with E-state index in [2.05, 4.69) is 15.5 Å². The molecule has 6 nitrogen and oxygen atoms in total. The molecule has 27 heavy (non-hydrogen) atoms. The molecule has 1 atom stereocenters. The molecule has 3 rings (SSSR count). The molecule has 1 N–H and O–H groups in total. The second kappa shape index (κ2) is 8.60. The molecule has 3 aromatic rings. The third-order valence-electron chi connectivity index (χ3n) is 4.11. The highest BCUT2D eigenvalue weighted by atomic mass is 16.5. The Labute approximate surface area is 159 Å². The number of benzene rings is 2. The zero-order valence-corrected chi connectivity index (χ0v) is 15.8. The number of amides is 1. The average Bonchev–Trinajstić information content (AvgIpc) is 3.12. The second-order valence-corrected chi connectivity index (χ2v) is 6.77. The van der Waals surface area contributed by atoms with Crippen molar-refractivity contribution in [3.8, 4) is 11.4 Å². The normalized spacial score (nSPS) is 12.3. The van der Waals surface area contributed by atoms with E-state index in [1.54, 1.807) is 0 Å². The van der Waals surface area contributed by atoms with Gasteiger partial charge in [0.25, 0.3) is 0 Å². The Morgan fingerprint density at radius 1 is 1.07 bits per heavy atom. The quantitative estimate of drug-likeness (QED) is 0.697. The SMILES string of the molecule is CC(C)NC(=O)CN(C)[C@@H](c1ccccc1)c1nc(-c2ccccc2)no1. The van der Waals surface area contributed by atoms with Gasteiger partial charge in [0.05, 0.1) is 6.54 Å². The van der Waals surface area contributed by atoms with E-state index >= 15 is 0 Å². The van der Waals surface area contributed by atoms with Gasteiger partial charge >= 0.3 is 0 Å². The van der Waals surface area contributed by atoms with Gasteiger partial charge in [0.15, 0.2) is 0 Å². The maximum Gasteiger partial charge on any atom is 0.248 e. The molecule has 0 unspecified atom stereocenters. The summed E-state index contributed by atoms with van der Waals surface area (Å²) < 4.78 is 5.58. The summed E-state index contributed by atoms with van der Waals surface area (Å²) in [5, 5.41) is 7.04. The van der Waals surface area contributed by atoms with E-state index in [1.807, 2.05) is 86.5 Å². The smallest absolute Gasteiger partial charge is 0.248 e. The van der Waals surface area contributed by atoms with Crippen LogP contribution in [0, 0.1) is 0 Å². The van der Waals surface area contributed by atoms with Gasteiger partial charge < -0.3 is 9.84 Å². The van der Waals surface area contributed by atoms with Gasteiger partial charge in [-0.25, -0.2) is 0 Å². The van der Waals surface area contributed by atoms with Crippen molar-refractivity contribution in [2.45, 2.75) is 25.9 Å². The van der Waals surface area contributed by atoms with Crippen LogP contribution in [0.1, 0.15) is 31.3 Å². The first-order valence-electron chi connectivity index (χ1n) is 8.98. The van der Waals surface area contributed by atoms with Crippen LogP contribution in [0.15, 0.2) is 65.2 Å². The zero-order valence-electron chi connectivity index (χ0n) is 15.8. The van der Waals surface area contributed by atoms with Crippen LogP contribution < -0.4 is 5.32 Å². The van der Waals surface area contributed by atoms with E-state index in [0.29, 0.717) is 11.7 Å². The number of carbonyl (C=O) groups is 1. The number of nitrogens with zero attached hydrogens (tertiary/aromatic N) is 3. The summed E-state index contributed by atoms with van der Waals surface area (Å²) in [6.45, 7) is 4.11. The first-order valence-corrected chi connectivity index (χ1v) is 8.98. The topological polar surface area (TPSA) is 71.3 Å². The predicted molar refractivity (Wildman–Crippen MR) is 104 cm³/mol. The molecule has 6 heteroatoms. The number of rotatable bonds is 7. The van der Waals surface area contributed by atoms with Gasteiger partial charge in [0, 0.05) is 11.6 Å². The molecule has 140 valence electrons. The lowest BCUT2D eigenvalue weighted by atomic mass is 10.1. The van der Waals surface area contributed by atoms with Crippen molar-refractivity contribution in [1.29, 1.82) is 0 Å². The molecule has 0 aliphatic heterocycles. The van der Waals surface area contributed by atoms with Crippen LogP contribution in [0.5, 0.6) is 0 Å². The summed E-state index contributed by atoms with van der Waals surface area (Å²) in [4.78, 5) is 18.7. The molecule has 0 aliphatic rings. The maximum absolute atomic E-state index is 12.2. The lowest BCUT2D eigenvalue weighted by Crippen LogP contribution is -2.40. The highest BCUT2D eigenvalue weighted by Gasteiger charge is 2.27. The van der Waals surface area contributed by atoms with Crippen LogP contribution in [0.3, 0.4) is 0 Å². The van der Waals surface area contributed by atoms with Crippen LogP contribution >= 0.6 is 0 Å². The van der Waals surface area contributed by atoms with Crippen LogP contribution in [0.4, 0.5) is 0 Å². The molecule has 2 aromatic carbocycles. The maximum atomic E-state index is 12.2. The first-order chi connectivity index (χ1) is 13.0. The van der Waals surface area contributed by atoms with Gasteiger partial charge in [-0.1, -0.05) is 65.8 Å². The molecule has 1 aromatic heterocycles. The van der Waals surface area contributed by atoms with E-state index in [9.17, 15) is 4.79 Å². The Morgan fingerprint density at radius 2 is 1.70 bits per heavy atom. The highest BCUT2D eigenvalue weighted by molar-refractivity contribution is 5.78. The van der Waals surface area contributed by atoms with Gasteiger partial charge in [0.2, 0.25) is 17.6 Å². The molecule has 0 fully saturated rings. The van der Waals surface area contributed by atoms with Crippen molar-refractivity contribution >= 4 is 5.91 Å². The number of aromatic nitrogens is 2. The van der Waals surface area contributed by atoms with E-state index in [0.717, 1.165) is 11.1 Å². The van der Waals surface area contributed by atoms with Gasteiger partial charge in [-0.3, -0.25) is 9.69 Å². The Morgan fingerprint density at radius 3 is 2.33 bits per heavy atom. The lowest BCUT2D eigenvalue weighted by Gasteiger charge is -2.25. The number of hydrogen-bond acceptors (Lipinski definition) is 5. The first kappa shape index (κ1) is 18.8. The summed E-state index contributed by atoms with van der Waals surface area (Å²) in [5.74, 6) is 0.947. The largest absolute Gasteiger partial charge is 0.353 e. The fraction of sp³-hybridized carbons (Fsp3) is 0.286. The van der Waals surface area contributed by atoms with E-state index < -0.39 is 0 Å². The van der Waals surface area contributed by atoms with E-state index in [-0.39, 0.29) is 24.5 Å².